The molecule has 1 aromatic carbocycles. The average molecular weight is 401 g/mol. The number of anilines is 1. The summed E-state index contributed by atoms with van der Waals surface area (Å²) in [7, 11) is 1.61. The molecular formula is C22H32N4O3. The predicted molar refractivity (Wildman–Crippen MR) is 114 cm³/mol. The molecule has 0 fully saturated rings. The number of rotatable bonds is 11. The Balaban J connectivity index is 1.93. The molecule has 0 aliphatic heterocycles. The van der Waals surface area contributed by atoms with Gasteiger partial charge in [0.25, 0.3) is 0 Å². The molecule has 1 N–H and O–H groups in total. The van der Waals surface area contributed by atoms with Crippen molar-refractivity contribution in [3.63, 3.8) is 0 Å². The van der Waals surface area contributed by atoms with E-state index in [-0.39, 0.29) is 24.7 Å². The van der Waals surface area contributed by atoms with E-state index < -0.39 is 0 Å². The first kappa shape index (κ1) is 22.6. The quantitative estimate of drug-likeness (QED) is 0.627. The molecule has 0 atom stereocenters. The number of aromatic nitrogens is 2. The number of hydrogen-bond donors (Lipinski definition) is 1. The second-order valence-corrected chi connectivity index (χ2v) is 7.30. The molecule has 158 valence electrons. The lowest BCUT2D eigenvalue weighted by atomic mass is 10.0. The van der Waals surface area contributed by atoms with Crippen LogP contribution in [0.1, 0.15) is 50.7 Å². The Morgan fingerprint density at radius 2 is 2.00 bits per heavy atom. The van der Waals surface area contributed by atoms with Crippen LogP contribution in [-0.4, -0.2) is 46.8 Å². The van der Waals surface area contributed by atoms with Gasteiger partial charge in [0.1, 0.15) is 0 Å². The molecule has 0 radical (unpaired) electrons. The third kappa shape index (κ3) is 7.02. The molecule has 0 saturated heterocycles. The Labute approximate surface area is 173 Å². The van der Waals surface area contributed by atoms with Crippen molar-refractivity contribution in [2.45, 2.75) is 52.6 Å². The summed E-state index contributed by atoms with van der Waals surface area (Å²) in [6, 6.07) is 7.76. The summed E-state index contributed by atoms with van der Waals surface area (Å²) in [6.45, 7) is 8.35. The van der Waals surface area contributed by atoms with Gasteiger partial charge in [0.15, 0.2) is 0 Å². The smallest absolute Gasteiger partial charge is 0.224 e. The van der Waals surface area contributed by atoms with Gasteiger partial charge in [0.05, 0.1) is 12.8 Å². The fourth-order valence-corrected chi connectivity index (χ4v) is 3.08. The van der Waals surface area contributed by atoms with Crippen molar-refractivity contribution in [3.8, 4) is 0 Å². The van der Waals surface area contributed by atoms with Crippen molar-refractivity contribution in [1.29, 1.82) is 0 Å². The monoisotopic (exact) mass is 400 g/mol. The minimum absolute atomic E-state index is 0.0707. The molecule has 2 aromatic rings. The lowest BCUT2D eigenvalue weighted by Gasteiger charge is -2.22. The largest absolute Gasteiger partial charge is 0.383 e. The number of amides is 2. The molecule has 29 heavy (non-hydrogen) atoms. The number of methoxy groups -OCH3 is 1. The Morgan fingerprint density at radius 1 is 1.24 bits per heavy atom. The molecule has 7 nitrogen and oxygen atoms in total. The van der Waals surface area contributed by atoms with Crippen LogP contribution in [0.3, 0.4) is 0 Å². The fraction of sp³-hybridized carbons (Fsp3) is 0.500. The minimum Gasteiger partial charge on any atom is -0.383 e. The van der Waals surface area contributed by atoms with Crippen molar-refractivity contribution in [3.05, 3.63) is 47.8 Å². The molecule has 0 saturated carbocycles. The van der Waals surface area contributed by atoms with Crippen LogP contribution >= 0.6 is 0 Å². The Kier molecular flexibility index (Phi) is 8.86. The normalized spacial score (nSPS) is 10.9. The fourth-order valence-electron chi connectivity index (χ4n) is 3.08. The zero-order valence-corrected chi connectivity index (χ0v) is 17.9. The molecule has 0 aliphatic carbocycles. The molecule has 1 aromatic heterocycles. The first-order valence-electron chi connectivity index (χ1n) is 10.1. The van der Waals surface area contributed by atoms with E-state index in [0.29, 0.717) is 25.6 Å². The van der Waals surface area contributed by atoms with Crippen LogP contribution in [0.2, 0.25) is 0 Å². The summed E-state index contributed by atoms with van der Waals surface area (Å²) in [5.41, 5.74) is 2.86. The molecule has 0 unspecified atom stereocenters. The highest BCUT2D eigenvalue weighted by Gasteiger charge is 2.17. The molecule has 2 amide bonds. The van der Waals surface area contributed by atoms with Gasteiger partial charge in [-0.25, -0.2) is 0 Å². The van der Waals surface area contributed by atoms with Crippen LogP contribution < -0.4 is 5.32 Å². The maximum absolute atomic E-state index is 12.7. The maximum Gasteiger partial charge on any atom is 0.224 e. The molecular weight excluding hydrogens is 368 g/mol. The number of hydrogen-bond acceptors (Lipinski definition) is 4. The van der Waals surface area contributed by atoms with Crippen molar-refractivity contribution in [2.24, 2.45) is 0 Å². The van der Waals surface area contributed by atoms with E-state index in [4.69, 9.17) is 4.74 Å². The van der Waals surface area contributed by atoms with Crippen molar-refractivity contribution in [2.75, 3.05) is 25.6 Å². The third-order valence-corrected chi connectivity index (χ3v) is 4.72. The van der Waals surface area contributed by atoms with Crippen LogP contribution in [0, 0.1) is 0 Å². The number of nitrogens with one attached hydrogen (secondary N) is 1. The van der Waals surface area contributed by atoms with Gasteiger partial charge in [0.2, 0.25) is 11.8 Å². The standard InChI is InChI=1S/C22H32N4O3/c1-5-26-16-18(14-23-26)15-25(12-13-29-4)22(28)11-10-21(27)24-20-9-7-6-8-19(20)17(2)3/h6-9,14,16-17H,5,10-13,15H2,1-4H3,(H,24,27). The Morgan fingerprint density at radius 3 is 2.66 bits per heavy atom. The highest BCUT2D eigenvalue weighted by molar-refractivity contribution is 5.93. The molecule has 1 heterocycles. The topological polar surface area (TPSA) is 76.5 Å². The van der Waals surface area contributed by atoms with Crippen molar-refractivity contribution >= 4 is 17.5 Å². The lowest BCUT2D eigenvalue weighted by Crippen LogP contribution is -2.33. The number of carbonyl (C=O) groups is 2. The average Bonchev–Trinajstić information content (AvgIpc) is 3.17. The van der Waals surface area contributed by atoms with Crippen LogP contribution in [0.15, 0.2) is 36.7 Å². The van der Waals surface area contributed by atoms with Gasteiger partial charge in [-0.1, -0.05) is 32.0 Å². The number of ether oxygens (including phenoxy) is 1. The summed E-state index contributed by atoms with van der Waals surface area (Å²) in [4.78, 5) is 26.9. The van der Waals surface area contributed by atoms with Crippen LogP contribution in [0.5, 0.6) is 0 Å². The van der Waals surface area contributed by atoms with E-state index in [1.54, 1.807) is 18.2 Å². The first-order valence-corrected chi connectivity index (χ1v) is 10.1. The van der Waals surface area contributed by atoms with Crippen LogP contribution in [0.4, 0.5) is 5.69 Å². The van der Waals surface area contributed by atoms with E-state index >= 15 is 0 Å². The van der Waals surface area contributed by atoms with Crippen molar-refractivity contribution < 1.29 is 14.3 Å². The van der Waals surface area contributed by atoms with Gasteiger partial charge < -0.3 is 15.0 Å². The van der Waals surface area contributed by atoms with Gasteiger partial charge >= 0.3 is 0 Å². The predicted octanol–water partition coefficient (Wildman–Crippen LogP) is 3.42. The summed E-state index contributed by atoms with van der Waals surface area (Å²) >= 11 is 0. The van der Waals surface area contributed by atoms with Gasteiger partial charge in [-0.3, -0.25) is 14.3 Å². The minimum atomic E-state index is -0.156. The zero-order valence-electron chi connectivity index (χ0n) is 17.9. The zero-order chi connectivity index (χ0) is 21.2. The van der Waals surface area contributed by atoms with Gasteiger partial charge in [-0.2, -0.15) is 5.10 Å². The molecule has 0 aliphatic rings. The van der Waals surface area contributed by atoms with E-state index in [0.717, 1.165) is 23.4 Å². The highest BCUT2D eigenvalue weighted by atomic mass is 16.5. The summed E-state index contributed by atoms with van der Waals surface area (Å²) in [6.07, 6.45) is 4.00. The number of carbonyl (C=O) groups excluding carboxylic acids is 2. The molecule has 7 heteroatoms. The number of para-hydroxylation sites is 1. The van der Waals surface area contributed by atoms with E-state index in [1.807, 2.05) is 42.1 Å². The molecule has 0 bridgehead atoms. The lowest BCUT2D eigenvalue weighted by molar-refractivity contribution is -0.134. The van der Waals surface area contributed by atoms with E-state index in [2.05, 4.69) is 24.3 Å². The summed E-state index contributed by atoms with van der Waals surface area (Å²) in [5.74, 6) is 0.0808. The summed E-state index contributed by atoms with van der Waals surface area (Å²) < 4.78 is 6.96. The van der Waals surface area contributed by atoms with Crippen LogP contribution in [0.25, 0.3) is 0 Å². The maximum atomic E-state index is 12.7. The number of aryl methyl sites for hydroxylation is 1. The number of nitrogens with zero attached hydrogens (tertiary/aromatic N) is 3. The van der Waals surface area contributed by atoms with Gasteiger partial charge in [-0.05, 0) is 24.5 Å². The summed E-state index contributed by atoms with van der Waals surface area (Å²) in [5, 5.41) is 7.20. The van der Waals surface area contributed by atoms with Gasteiger partial charge in [0, 0.05) is 57.0 Å². The van der Waals surface area contributed by atoms with Gasteiger partial charge in [-0.15, -0.1) is 0 Å². The highest BCUT2D eigenvalue weighted by Crippen LogP contribution is 2.23. The Hall–Kier alpha value is -2.67. The first-order chi connectivity index (χ1) is 13.9. The molecule has 0 spiro atoms. The SMILES string of the molecule is CCn1cc(CN(CCOC)C(=O)CCC(=O)Nc2ccccc2C(C)C)cn1. The second kappa shape index (κ2) is 11.4. The van der Waals surface area contributed by atoms with E-state index in [9.17, 15) is 9.59 Å². The van der Waals surface area contributed by atoms with E-state index in [1.165, 1.54) is 0 Å². The Bertz CT molecular complexity index is 801. The number of benzene rings is 1. The molecule has 2 rings (SSSR count). The van der Waals surface area contributed by atoms with Crippen molar-refractivity contribution in [1.82, 2.24) is 14.7 Å². The third-order valence-electron chi connectivity index (χ3n) is 4.72. The second-order valence-electron chi connectivity index (χ2n) is 7.30. The van der Waals surface area contributed by atoms with Crippen LogP contribution in [-0.2, 0) is 27.4 Å².